The fraction of sp³-hybridized carbons (Fsp3) is 0.667. The summed E-state index contributed by atoms with van der Waals surface area (Å²) in [6.07, 6.45) is 5.41. The molecule has 94 valence electrons. The van der Waals surface area contributed by atoms with Crippen LogP contribution in [0, 0.1) is 16.7 Å². The van der Waals surface area contributed by atoms with Crippen molar-refractivity contribution in [3.8, 4) is 0 Å². The smallest absolute Gasteiger partial charge is 0.333 e. The highest BCUT2D eigenvalue weighted by Gasteiger charge is 2.66. The average Bonchev–Trinajstić information content (AvgIpc) is 2.49. The van der Waals surface area contributed by atoms with Gasteiger partial charge in [0.2, 0.25) is 0 Å². The first-order chi connectivity index (χ1) is 7.64. The van der Waals surface area contributed by atoms with E-state index in [1.165, 1.54) is 0 Å². The van der Waals surface area contributed by atoms with Gasteiger partial charge in [-0.25, -0.2) is 4.79 Å². The maximum Gasteiger partial charge on any atom is 0.333 e. The second kappa shape index (κ2) is 3.24. The summed E-state index contributed by atoms with van der Waals surface area (Å²) in [6, 6.07) is 0. The molecule has 1 saturated carbocycles. The van der Waals surface area contributed by atoms with Crippen molar-refractivity contribution in [3.63, 3.8) is 0 Å². The van der Waals surface area contributed by atoms with Gasteiger partial charge in [-0.15, -0.1) is 0 Å². The SMILES string of the molecule is C=C(C)C(=O)OC1(C)CC2C=CC1(C)C2(C)C. The first-order valence-corrected chi connectivity index (χ1v) is 6.22. The van der Waals surface area contributed by atoms with Gasteiger partial charge in [-0.1, -0.05) is 39.5 Å². The van der Waals surface area contributed by atoms with Gasteiger partial charge in [-0.05, 0) is 31.6 Å². The number of carbonyl (C=O) groups is 1. The summed E-state index contributed by atoms with van der Waals surface area (Å²) in [7, 11) is 0. The van der Waals surface area contributed by atoms with Gasteiger partial charge in [-0.2, -0.15) is 0 Å². The van der Waals surface area contributed by atoms with E-state index < -0.39 is 5.60 Å². The summed E-state index contributed by atoms with van der Waals surface area (Å²) in [5.74, 6) is 0.223. The quantitative estimate of drug-likeness (QED) is 0.415. The molecule has 3 unspecified atom stereocenters. The van der Waals surface area contributed by atoms with E-state index in [1.807, 2.05) is 0 Å². The molecular weight excluding hydrogens is 212 g/mol. The van der Waals surface area contributed by atoms with Gasteiger partial charge in [0.1, 0.15) is 5.60 Å². The van der Waals surface area contributed by atoms with Crippen molar-refractivity contribution >= 4 is 5.97 Å². The Bertz CT molecular complexity index is 419. The Balaban J connectivity index is 2.33. The van der Waals surface area contributed by atoms with Gasteiger partial charge < -0.3 is 4.74 Å². The van der Waals surface area contributed by atoms with Crippen molar-refractivity contribution in [2.24, 2.45) is 16.7 Å². The van der Waals surface area contributed by atoms with E-state index in [-0.39, 0.29) is 16.8 Å². The van der Waals surface area contributed by atoms with Gasteiger partial charge in [0, 0.05) is 11.0 Å². The first-order valence-electron chi connectivity index (χ1n) is 6.22. The molecule has 0 spiro atoms. The summed E-state index contributed by atoms with van der Waals surface area (Å²) in [5, 5.41) is 0. The van der Waals surface area contributed by atoms with Crippen molar-refractivity contribution in [2.75, 3.05) is 0 Å². The summed E-state index contributed by atoms with van der Waals surface area (Å²) in [5.41, 5.74) is 0.123. The lowest BCUT2D eigenvalue weighted by Crippen LogP contribution is -2.47. The molecule has 0 aliphatic heterocycles. The molecular formula is C15H22O2. The number of hydrogen-bond donors (Lipinski definition) is 0. The molecule has 2 rings (SSSR count). The van der Waals surface area contributed by atoms with Crippen LogP contribution in [0.2, 0.25) is 0 Å². The summed E-state index contributed by atoms with van der Waals surface area (Å²) < 4.78 is 5.74. The number of rotatable bonds is 2. The molecule has 2 nitrogen and oxygen atoms in total. The lowest BCUT2D eigenvalue weighted by atomic mass is 9.65. The molecule has 0 saturated heterocycles. The first kappa shape index (κ1) is 12.4. The zero-order chi connectivity index (χ0) is 13.1. The Labute approximate surface area is 104 Å². The number of esters is 1. The molecule has 0 heterocycles. The van der Waals surface area contributed by atoms with Gasteiger partial charge in [0.25, 0.3) is 0 Å². The van der Waals surface area contributed by atoms with Crippen LogP contribution in [0.25, 0.3) is 0 Å². The monoisotopic (exact) mass is 234 g/mol. The van der Waals surface area contributed by atoms with E-state index in [0.29, 0.717) is 11.5 Å². The maximum atomic E-state index is 11.8. The number of carbonyl (C=O) groups excluding carboxylic acids is 1. The van der Waals surface area contributed by atoms with E-state index >= 15 is 0 Å². The van der Waals surface area contributed by atoms with E-state index in [1.54, 1.807) is 6.92 Å². The zero-order valence-corrected chi connectivity index (χ0v) is 11.5. The van der Waals surface area contributed by atoms with Crippen LogP contribution in [0.15, 0.2) is 24.3 Å². The Morgan fingerprint density at radius 2 is 1.94 bits per heavy atom. The molecule has 2 bridgehead atoms. The molecule has 3 atom stereocenters. The summed E-state index contributed by atoms with van der Waals surface area (Å²) in [4.78, 5) is 11.8. The Hall–Kier alpha value is -1.05. The lowest BCUT2D eigenvalue weighted by molar-refractivity contribution is -0.164. The van der Waals surface area contributed by atoms with E-state index in [0.717, 1.165) is 6.42 Å². The Morgan fingerprint density at radius 3 is 2.29 bits per heavy atom. The Morgan fingerprint density at radius 1 is 1.35 bits per heavy atom. The molecule has 2 heteroatoms. The number of ether oxygens (including phenoxy) is 1. The zero-order valence-electron chi connectivity index (χ0n) is 11.5. The van der Waals surface area contributed by atoms with Crippen LogP contribution in [0.4, 0.5) is 0 Å². The van der Waals surface area contributed by atoms with Crippen LogP contribution in [0.3, 0.4) is 0 Å². The predicted molar refractivity (Wildman–Crippen MR) is 68.4 cm³/mol. The van der Waals surface area contributed by atoms with Crippen molar-refractivity contribution < 1.29 is 9.53 Å². The normalized spacial score (nSPS) is 41.6. The van der Waals surface area contributed by atoms with Crippen LogP contribution in [0.5, 0.6) is 0 Å². The molecule has 0 N–H and O–H groups in total. The summed E-state index contributed by atoms with van der Waals surface area (Å²) in [6.45, 7) is 14.1. The van der Waals surface area contributed by atoms with Crippen LogP contribution in [-0.4, -0.2) is 11.6 Å². The Kier molecular flexibility index (Phi) is 2.37. The minimum Gasteiger partial charge on any atom is -0.455 e. The van der Waals surface area contributed by atoms with Crippen molar-refractivity contribution in [1.29, 1.82) is 0 Å². The van der Waals surface area contributed by atoms with Crippen LogP contribution >= 0.6 is 0 Å². The van der Waals surface area contributed by atoms with Gasteiger partial charge in [-0.3, -0.25) is 0 Å². The van der Waals surface area contributed by atoms with E-state index in [9.17, 15) is 4.79 Å². The van der Waals surface area contributed by atoms with Crippen LogP contribution < -0.4 is 0 Å². The number of fused-ring (bicyclic) bond motifs is 2. The molecule has 2 aliphatic carbocycles. The lowest BCUT2D eigenvalue weighted by Gasteiger charge is -2.44. The fourth-order valence-corrected chi connectivity index (χ4v) is 3.40. The highest BCUT2D eigenvalue weighted by Crippen LogP contribution is 2.67. The molecule has 1 fully saturated rings. The highest BCUT2D eigenvalue weighted by atomic mass is 16.6. The minimum atomic E-state index is -0.411. The highest BCUT2D eigenvalue weighted by molar-refractivity contribution is 5.87. The average molecular weight is 234 g/mol. The van der Waals surface area contributed by atoms with Gasteiger partial charge in [0.05, 0.1) is 0 Å². The third-order valence-electron chi connectivity index (χ3n) is 5.30. The molecule has 0 amide bonds. The largest absolute Gasteiger partial charge is 0.455 e. The van der Waals surface area contributed by atoms with E-state index in [2.05, 4.69) is 46.4 Å². The molecule has 0 aromatic carbocycles. The van der Waals surface area contributed by atoms with Gasteiger partial charge in [0.15, 0.2) is 0 Å². The number of allylic oxidation sites excluding steroid dienone is 1. The molecule has 17 heavy (non-hydrogen) atoms. The van der Waals surface area contributed by atoms with Crippen LogP contribution in [0.1, 0.15) is 41.0 Å². The topological polar surface area (TPSA) is 26.3 Å². The standard InChI is InChI=1S/C15H22O2/c1-10(2)12(16)17-15(6)9-11-7-8-14(15,5)13(11,3)4/h7-8,11H,1,9H2,2-6H3. The third kappa shape index (κ3) is 1.36. The molecule has 2 aliphatic rings. The molecule has 0 radical (unpaired) electrons. The third-order valence-corrected chi connectivity index (χ3v) is 5.30. The van der Waals surface area contributed by atoms with Crippen molar-refractivity contribution in [3.05, 3.63) is 24.3 Å². The minimum absolute atomic E-state index is 0.0875. The summed E-state index contributed by atoms with van der Waals surface area (Å²) >= 11 is 0. The van der Waals surface area contributed by atoms with Crippen molar-refractivity contribution in [1.82, 2.24) is 0 Å². The second-order valence-corrected chi connectivity index (χ2v) is 6.49. The van der Waals surface area contributed by atoms with E-state index in [4.69, 9.17) is 4.74 Å². The van der Waals surface area contributed by atoms with Crippen molar-refractivity contribution in [2.45, 2.75) is 46.6 Å². The fourth-order valence-electron chi connectivity index (χ4n) is 3.40. The molecule has 0 aromatic heterocycles. The van der Waals surface area contributed by atoms with Gasteiger partial charge >= 0.3 is 5.97 Å². The predicted octanol–water partition coefficient (Wildman–Crippen LogP) is 3.49. The second-order valence-electron chi connectivity index (χ2n) is 6.49. The number of hydrogen-bond acceptors (Lipinski definition) is 2. The molecule has 0 aromatic rings. The maximum absolute atomic E-state index is 11.8. The van der Waals surface area contributed by atoms with Crippen LogP contribution in [-0.2, 0) is 9.53 Å².